The van der Waals surface area contributed by atoms with Gasteiger partial charge in [0.25, 0.3) is 0 Å². The number of carbonyl (C=O) groups excluding carboxylic acids is 1. The minimum atomic E-state index is -1.13. The van der Waals surface area contributed by atoms with Crippen LogP contribution in [0.5, 0.6) is 0 Å². The molecule has 0 saturated heterocycles. The monoisotopic (exact) mass is 245 g/mol. The number of carbonyl (C=O) groups is 2. The van der Waals surface area contributed by atoms with E-state index in [1.54, 1.807) is 12.1 Å². The van der Waals surface area contributed by atoms with Crippen LogP contribution in [0.15, 0.2) is 24.3 Å². The van der Waals surface area contributed by atoms with Crippen LogP contribution in [-0.4, -0.2) is 53.2 Å². The van der Waals surface area contributed by atoms with Gasteiger partial charge in [0.15, 0.2) is 0 Å². The normalized spacial score (nSPS) is 9.59. The Morgan fingerprint density at radius 3 is 2.24 bits per heavy atom. The predicted octanol–water partition coefficient (Wildman–Crippen LogP) is 1.82. The molecule has 0 aromatic heterocycles. The van der Waals surface area contributed by atoms with Crippen LogP contribution in [0.25, 0.3) is 0 Å². The number of benzene rings is 1. The maximum Gasteiger partial charge on any atom is 0.339 e. The summed E-state index contributed by atoms with van der Waals surface area (Å²) in [4.78, 5) is 22.4. The number of aromatic carboxylic acids is 1. The third-order valence-corrected chi connectivity index (χ3v) is 1.93. The summed E-state index contributed by atoms with van der Waals surface area (Å²) >= 11 is 0. The fourth-order valence-electron chi connectivity index (χ4n) is 1.17. The molecule has 0 bridgehead atoms. The number of carboxylic acids is 1. The maximum absolute atomic E-state index is 11.6. The van der Waals surface area contributed by atoms with Crippen molar-refractivity contribution < 1.29 is 19.4 Å². The van der Waals surface area contributed by atoms with Gasteiger partial charge >= 0.3 is 11.9 Å². The molecule has 0 atom stereocenters. The van der Waals surface area contributed by atoms with E-state index in [2.05, 4.69) is 0 Å². The van der Waals surface area contributed by atoms with Crippen molar-refractivity contribution in [1.29, 1.82) is 0 Å². The van der Waals surface area contributed by atoms with Crippen LogP contribution in [0.4, 0.5) is 0 Å². The molecule has 87 valence electrons. The summed E-state index contributed by atoms with van der Waals surface area (Å²) in [5.41, 5.74) is 0.0620. The molecule has 5 heteroatoms. The van der Waals surface area contributed by atoms with E-state index in [1.165, 1.54) is 12.1 Å². The second kappa shape index (κ2) is 7.48. The predicted molar refractivity (Wildman–Crippen MR) is 64.3 cm³/mol. The minimum Gasteiger partial charge on any atom is -0.478 e. The topological polar surface area (TPSA) is 63.6 Å². The van der Waals surface area contributed by atoms with E-state index < -0.39 is 11.9 Å². The Balaban J connectivity index is 0.00000256. The summed E-state index contributed by atoms with van der Waals surface area (Å²) in [6, 6.07) is 6.02. The average Bonchev–Trinajstić information content (AvgIpc) is 2.25. The van der Waals surface area contributed by atoms with Crippen LogP contribution in [0.3, 0.4) is 0 Å². The molecule has 1 aromatic rings. The Bertz CT molecular complexity index is 401. The fraction of sp³-hybridized carbons (Fsp3) is 0.333. The van der Waals surface area contributed by atoms with Crippen LogP contribution < -0.4 is 0 Å². The van der Waals surface area contributed by atoms with Gasteiger partial charge in [-0.2, -0.15) is 0 Å². The van der Waals surface area contributed by atoms with Gasteiger partial charge in [0.05, 0.1) is 17.7 Å². The Kier molecular flexibility index (Phi) is 7.11. The summed E-state index contributed by atoms with van der Waals surface area (Å²) in [5.74, 6) is -1.50. The summed E-state index contributed by atoms with van der Waals surface area (Å²) in [5, 5.41) is 8.88. The van der Waals surface area contributed by atoms with Crippen molar-refractivity contribution in [2.24, 2.45) is 5.92 Å². The molecule has 0 heterocycles. The van der Waals surface area contributed by atoms with Crippen molar-refractivity contribution in [3.8, 4) is 0 Å². The number of hydrogen-bond acceptors (Lipinski definition) is 3. The molecule has 0 aliphatic rings. The van der Waals surface area contributed by atoms with Gasteiger partial charge in [0, 0.05) is 29.6 Å². The quantitative estimate of drug-likeness (QED) is 0.649. The van der Waals surface area contributed by atoms with Gasteiger partial charge < -0.3 is 9.84 Å². The number of carboxylic acid groups (broad SMARTS) is 1. The summed E-state index contributed by atoms with van der Waals surface area (Å²) in [7, 11) is 0. The third kappa shape index (κ3) is 4.89. The summed E-state index contributed by atoms with van der Waals surface area (Å²) < 4.78 is 4.98. The molecule has 0 aliphatic heterocycles. The second-order valence-corrected chi connectivity index (χ2v) is 3.84. The molecule has 1 rings (SSSR count). The summed E-state index contributed by atoms with van der Waals surface area (Å²) in [6.07, 6.45) is 0. The van der Waals surface area contributed by atoms with Gasteiger partial charge in [-0.3, -0.25) is 0 Å². The summed E-state index contributed by atoms with van der Waals surface area (Å²) in [6.45, 7) is 4.11. The van der Waals surface area contributed by atoms with Crippen LogP contribution in [0.1, 0.15) is 34.6 Å². The molecule has 0 amide bonds. The molecular weight excluding hydrogens is 231 g/mol. The average molecular weight is 245 g/mol. The van der Waals surface area contributed by atoms with Crippen LogP contribution in [0, 0.1) is 5.92 Å². The zero-order valence-electron chi connectivity index (χ0n) is 10.3. The van der Waals surface area contributed by atoms with Crippen molar-refractivity contribution in [3.05, 3.63) is 35.4 Å². The van der Waals surface area contributed by atoms with E-state index >= 15 is 0 Å². The minimum absolute atomic E-state index is 0. The third-order valence-electron chi connectivity index (χ3n) is 1.93. The van der Waals surface area contributed by atoms with E-state index in [4.69, 9.17) is 9.84 Å². The molecule has 0 aliphatic carbocycles. The van der Waals surface area contributed by atoms with Gasteiger partial charge in [0.1, 0.15) is 0 Å². The van der Waals surface area contributed by atoms with E-state index in [0.29, 0.717) is 0 Å². The van der Waals surface area contributed by atoms with E-state index in [0.717, 1.165) is 0 Å². The molecule has 0 spiro atoms. The van der Waals surface area contributed by atoms with Crippen LogP contribution in [0.2, 0.25) is 0 Å². The largest absolute Gasteiger partial charge is 0.478 e. The molecule has 1 N–H and O–H groups in total. The molecule has 0 unspecified atom stereocenters. The molecule has 0 saturated carbocycles. The standard InChI is InChI=1S/C12H14O4.Na/c1-8(2)7-16-12(15)10-6-4-3-5-9(10)11(13)14;/h3-6,8H,7H2,1-2H3,(H,13,14);. The first-order chi connectivity index (χ1) is 7.52. The Hall–Kier alpha value is -0.840. The second-order valence-electron chi connectivity index (χ2n) is 3.84. The molecule has 1 aromatic carbocycles. The SMILES string of the molecule is CC(C)COC(=O)c1ccccc1C(=O)O.[Na]. The Morgan fingerprint density at radius 1 is 1.24 bits per heavy atom. The van der Waals surface area contributed by atoms with E-state index in [-0.39, 0.29) is 53.2 Å². The first kappa shape index (κ1) is 16.2. The first-order valence-electron chi connectivity index (χ1n) is 5.01. The molecule has 0 fully saturated rings. The van der Waals surface area contributed by atoms with Crippen LogP contribution in [-0.2, 0) is 4.74 Å². The number of rotatable bonds is 4. The van der Waals surface area contributed by atoms with E-state index in [9.17, 15) is 9.59 Å². The van der Waals surface area contributed by atoms with Crippen molar-refractivity contribution in [3.63, 3.8) is 0 Å². The smallest absolute Gasteiger partial charge is 0.339 e. The van der Waals surface area contributed by atoms with E-state index in [1.807, 2.05) is 13.8 Å². The number of hydrogen-bond donors (Lipinski definition) is 1. The number of ether oxygens (including phenoxy) is 1. The maximum atomic E-state index is 11.6. The van der Waals surface area contributed by atoms with Gasteiger partial charge in [-0.05, 0) is 18.1 Å². The zero-order chi connectivity index (χ0) is 12.1. The van der Waals surface area contributed by atoms with Gasteiger partial charge in [-0.15, -0.1) is 0 Å². The molecule has 17 heavy (non-hydrogen) atoms. The van der Waals surface area contributed by atoms with Crippen molar-refractivity contribution in [2.45, 2.75) is 13.8 Å². The molecule has 1 radical (unpaired) electrons. The van der Waals surface area contributed by atoms with Crippen molar-refractivity contribution in [1.82, 2.24) is 0 Å². The first-order valence-corrected chi connectivity index (χ1v) is 5.01. The Labute approximate surface area is 122 Å². The number of esters is 1. The Morgan fingerprint density at radius 2 is 1.76 bits per heavy atom. The van der Waals surface area contributed by atoms with Gasteiger partial charge in [-0.1, -0.05) is 26.0 Å². The zero-order valence-corrected chi connectivity index (χ0v) is 12.3. The van der Waals surface area contributed by atoms with Gasteiger partial charge in [-0.25, -0.2) is 9.59 Å². The van der Waals surface area contributed by atoms with Gasteiger partial charge in [0.2, 0.25) is 0 Å². The van der Waals surface area contributed by atoms with Crippen LogP contribution >= 0.6 is 0 Å². The fourth-order valence-corrected chi connectivity index (χ4v) is 1.17. The van der Waals surface area contributed by atoms with Crippen molar-refractivity contribution in [2.75, 3.05) is 6.61 Å². The molecule has 4 nitrogen and oxygen atoms in total. The van der Waals surface area contributed by atoms with Crippen molar-refractivity contribution >= 4 is 41.5 Å². The molecular formula is C12H14NaO4.